The lowest BCUT2D eigenvalue weighted by Gasteiger charge is -2.19. The van der Waals surface area contributed by atoms with Gasteiger partial charge >= 0.3 is 0 Å². The minimum Gasteiger partial charge on any atom is -0.368 e. The molecule has 0 aliphatic heterocycles. The number of hydrogen-bond donors (Lipinski definition) is 2. The van der Waals surface area contributed by atoms with Crippen LogP contribution in [0.5, 0.6) is 0 Å². The number of aromatic nitrogens is 1. The van der Waals surface area contributed by atoms with Gasteiger partial charge in [0, 0.05) is 6.07 Å². The lowest BCUT2D eigenvalue weighted by Crippen LogP contribution is -2.40. The Morgan fingerprint density at radius 1 is 1.35 bits per heavy atom. The fourth-order valence-electron chi connectivity index (χ4n) is 1.26. The number of nitrogens with zero attached hydrogens (tertiary/aromatic N) is 1. The maximum atomic E-state index is 13.2. The molecule has 4 nitrogen and oxygen atoms in total. The molecule has 1 amide bonds. The normalized spacial score (nSPS) is 12.6. The van der Waals surface area contributed by atoms with Crippen LogP contribution in [-0.2, 0) is 4.79 Å². The fourth-order valence-corrected chi connectivity index (χ4v) is 1.26. The summed E-state index contributed by atoms with van der Waals surface area (Å²) in [7, 11) is 0. The van der Waals surface area contributed by atoms with E-state index < -0.39 is 35.3 Å². The molecule has 1 aromatic rings. The lowest BCUT2D eigenvalue weighted by molar-refractivity contribution is -0.119. The zero-order chi connectivity index (χ0) is 13.2. The topological polar surface area (TPSA) is 68.0 Å². The van der Waals surface area contributed by atoms with Crippen molar-refractivity contribution >= 4 is 11.7 Å². The van der Waals surface area contributed by atoms with Crippen LogP contribution in [0.15, 0.2) is 6.07 Å². The number of primary amides is 1. The van der Waals surface area contributed by atoms with Crippen LogP contribution in [0.3, 0.4) is 0 Å². The molecule has 94 valence electrons. The van der Waals surface area contributed by atoms with E-state index in [-0.39, 0.29) is 5.92 Å². The molecule has 7 heteroatoms. The van der Waals surface area contributed by atoms with Crippen LogP contribution in [0.1, 0.15) is 13.8 Å². The van der Waals surface area contributed by atoms with E-state index in [0.717, 1.165) is 0 Å². The van der Waals surface area contributed by atoms with Gasteiger partial charge in [-0.25, -0.2) is 8.78 Å². The molecule has 3 N–H and O–H groups in total. The minimum atomic E-state index is -1.44. The smallest absolute Gasteiger partial charge is 0.251 e. The number of anilines is 1. The summed E-state index contributed by atoms with van der Waals surface area (Å²) in [6, 6.07) is -0.565. The highest BCUT2D eigenvalue weighted by molar-refractivity contribution is 5.82. The third-order valence-electron chi connectivity index (χ3n) is 2.15. The Labute approximate surface area is 96.0 Å². The SMILES string of the molecule is CC(C)C(Nc1nc(F)c(F)cc1F)C(N)=O. The summed E-state index contributed by atoms with van der Waals surface area (Å²) in [5.41, 5.74) is 5.08. The van der Waals surface area contributed by atoms with E-state index in [9.17, 15) is 18.0 Å². The first-order chi connectivity index (χ1) is 7.82. The van der Waals surface area contributed by atoms with E-state index >= 15 is 0 Å². The van der Waals surface area contributed by atoms with Crippen molar-refractivity contribution in [3.8, 4) is 0 Å². The number of carbonyl (C=O) groups is 1. The van der Waals surface area contributed by atoms with Crippen molar-refractivity contribution in [2.24, 2.45) is 11.7 Å². The Morgan fingerprint density at radius 2 is 1.94 bits per heavy atom. The highest BCUT2D eigenvalue weighted by atomic mass is 19.2. The van der Waals surface area contributed by atoms with Crippen molar-refractivity contribution < 1.29 is 18.0 Å². The number of rotatable bonds is 4. The van der Waals surface area contributed by atoms with Crippen LogP contribution in [0.2, 0.25) is 0 Å². The number of carbonyl (C=O) groups excluding carboxylic acids is 1. The molecule has 1 aromatic heterocycles. The molecule has 1 heterocycles. The van der Waals surface area contributed by atoms with E-state index in [1.807, 2.05) is 0 Å². The van der Waals surface area contributed by atoms with Crippen molar-refractivity contribution in [1.82, 2.24) is 4.98 Å². The second-order valence-corrected chi connectivity index (χ2v) is 3.86. The highest BCUT2D eigenvalue weighted by Gasteiger charge is 2.22. The molecule has 0 aliphatic rings. The van der Waals surface area contributed by atoms with Gasteiger partial charge in [0.2, 0.25) is 5.91 Å². The lowest BCUT2D eigenvalue weighted by atomic mass is 10.0. The summed E-state index contributed by atoms with van der Waals surface area (Å²) in [5.74, 6) is -5.45. The summed E-state index contributed by atoms with van der Waals surface area (Å²) >= 11 is 0. The zero-order valence-electron chi connectivity index (χ0n) is 9.30. The third-order valence-corrected chi connectivity index (χ3v) is 2.15. The van der Waals surface area contributed by atoms with Crippen LogP contribution < -0.4 is 11.1 Å². The largest absolute Gasteiger partial charge is 0.368 e. The Balaban J connectivity index is 3.01. The molecule has 17 heavy (non-hydrogen) atoms. The van der Waals surface area contributed by atoms with Gasteiger partial charge in [0.1, 0.15) is 6.04 Å². The van der Waals surface area contributed by atoms with Crippen LogP contribution in [0.25, 0.3) is 0 Å². The molecule has 0 saturated heterocycles. The Morgan fingerprint density at radius 3 is 2.41 bits per heavy atom. The van der Waals surface area contributed by atoms with Crippen molar-refractivity contribution in [3.63, 3.8) is 0 Å². The van der Waals surface area contributed by atoms with E-state index in [1.165, 1.54) is 0 Å². The van der Waals surface area contributed by atoms with Gasteiger partial charge in [-0.15, -0.1) is 0 Å². The van der Waals surface area contributed by atoms with E-state index in [0.29, 0.717) is 6.07 Å². The first kappa shape index (κ1) is 13.3. The summed E-state index contributed by atoms with van der Waals surface area (Å²) in [5, 5.41) is 2.35. The number of pyridine rings is 1. The molecule has 0 spiro atoms. The minimum absolute atomic E-state index is 0.248. The molecule has 1 atom stereocenters. The van der Waals surface area contributed by atoms with Crippen molar-refractivity contribution in [1.29, 1.82) is 0 Å². The molecule has 0 aliphatic carbocycles. The molecule has 0 saturated carbocycles. The quantitative estimate of drug-likeness (QED) is 0.791. The van der Waals surface area contributed by atoms with Crippen molar-refractivity contribution in [2.45, 2.75) is 19.9 Å². The number of nitrogens with one attached hydrogen (secondary N) is 1. The number of amides is 1. The van der Waals surface area contributed by atoms with Crippen LogP contribution >= 0.6 is 0 Å². The van der Waals surface area contributed by atoms with Crippen molar-refractivity contribution in [3.05, 3.63) is 23.6 Å². The zero-order valence-corrected chi connectivity index (χ0v) is 9.30. The third kappa shape index (κ3) is 3.08. The summed E-state index contributed by atoms with van der Waals surface area (Å²) in [6.45, 7) is 3.33. The molecule has 0 fully saturated rings. The van der Waals surface area contributed by atoms with Gasteiger partial charge in [0.15, 0.2) is 17.5 Å². The summed E-state index contributed by atoms with van der Waals surface area (Å²) < 4.78 is 38.7. The van der Waals surface area contributed by atoms with Gasteiger partial charge < -0.3 is 11.1 Å². The molecule has 0 aromatic carbocycles. The summed E-state index contributed by atoms with van der Waals surface area (Å²) in [4.78, 5) is 14.1. The number of halogens is 3. The van der Waals surface area contributed by atoms with E-state index in [2.05, 4.69) is 10.3 Å². The Hall–Kier alpha value is -1.79. The average Bonchev–Trinajstić information content (AvgIpc) is 2.20. The van der Waals surface area contributed by atoms with E-state index in [4.69, 9.17) is 5.73 Å². The second kappa shape index (κ2) is 5.03. The van der Waals surface area contributed by atoms with Crippen LogP contribution in [0.4, 0.5) is 19.0 Å². The molecular formula is C10H12F3N3O. The maximum Gasteiger partial charge on any atom is 0.251 e. The maximum absolute atomic E-state index is 13.2. The van der Waals surface area contributed by atoms with Gasteiger partial charge in [-0.2, -0.15) is 9.37 Å². The molecule has 0 bridgehead atoms. The highest BCUT2D eigenvalue weighted by Crippen LogP contribution is 2.17. The van der Waals surface area contributed by atoms with Gasteiger partial charge in [0.25, 0.3) is 5.95 Å². The van der Waals surface area contributed by atoms with Crippen LogP contribution in [0, 0.1) is 23.5 Å². The first-order valence-electron chi connectivity index (χ1n) is 4.90. The predicted octanol–water partition coefficient (Wildman–Crippen LogP) is 1.42. The second-order valence-electron chi connectivity index (χ2n) is 3.86. The van der Waals surface area contributed by atoms with Gasteiger partial charge in [-0.05, 0) is 5.92 Å². The fraction of sp³-hybridized carbons (Fsp3) is 0.400. The standard InChI is InChI=1S/C10H12F3N3O/c1-4(2)7(9(14)17)15-10-6(12)3-5(11)8(13)16-10/h3-4,7H,1-2H3,(H2,14,17)(H,15,16). The first-order valence-corrected chi connectivity index (χ1v) is 4.90. The van der Waals surface area contributed by atoms with Gasteiger partial charge in [-0.1, -0.05) is 13.8 Å². The summed E-state index contributed by atoms with van der Waals surface area (Å²) in [6.07, 6.45) is 0. The van der Waals surface area contributed by atoms with Gasteiger partial charge in [0.05, 0.1) is 0 Å². The monoisotopic (exact) mass is 247 g/mol. The average molecular weight is 247 g/mol. The molecule has 1 unspecified atom stereocenters. The number of hydrogen-bond acceptors (Lipinski definition) is 3. The molecule has 1 rings (SSSR count). The van der Waals surface area contributed by atoms with Crippen molar-refractivity contribution in [2.75, 3.05) is 5.32 Å². The van der Waals surface area contributed by atoms with Crippen LogP contribution in [-0.4, -0.2) is 16.9 Å². The Bertz CT molecular complexity index is 437. The molecule has 0 radical (unpaired) electrons. The van der Waals surface area contributed by atoms with E-state index in [1.54, 1.807) is 13.8 Å². The predicted molar refractivity (Wildman–Crippen MR) is 55.6 cm³/mol. The Kier molecular flexibility index (Phi) is 3.93. The number of nitrogens with two attached hydrogens (primary N) is 1. The van der Waals surface area contributed by atoms with Gasteiger partial charge in [-0.3, -0.25) is 4.79 Å². The molecular weight excluding hydrogens is 235 g/mol.